The Morgan fingerprint density at radius 3 is 2.56 bits per heavy atom. The summed E-state index contributed by atoms with van der Waals surface area (Å²) in [6, 6.07) is -0.654. The van der Waals surface area contributed by atoms with Crippen molar-refractivity contribution in [1.82, 2.24) is 10.9 Å². The number of urea groups is 1. The first-order valence-corrected chi connectivity index (χ1v) is 2.16. The van der Waals surface area contributed by atoms with E-state index in [0.29, 0.717) is 6.54 Å². The predicted molar refractivity (Wildman–Crippen MR) is 35.1 cm³/mol. The minimum atomic E-state index is -0.654. The standard InChI is InChI=1S/C3H9N3O2.ClH/c4-3(8)6-5-1-2-7;/h5,7H,1-2H2,(H3,4,6,8);1H. The largest absolute Gasteiger partial charge is 0.395 e. The summed E-state index contributed by atoms with van der Waals surface area (Å²) >= 11 is 0. The monoisotopic (exact) mass is 155 g/mol. The van der Waals surface area contributed by atoms with E-state index in [0.717, 1.165) is 0 Å². The molecule has 0 unspecified atom stereocenters. The van der Waals surface area contributed by atoms with Crippen LogP contribution < -0.4 is 16.6 Å². The predicted octanol–water partition coefficient (Wildman–Crippen LogP) is -1.43. The molecule has 0 aliphatic rings. The molecule has 0 aromatic carbocycles. The average molecular weight is 156 g/mol. The Labute approximate surface area is 59.0 Å². The van der Waals surface area contributed by atoms with Gasteiger partial charge in [0.2, 0.25) is 0 Å². The Morgan fingerprint density at radius 1 is 1.67 bits per heavy atom. The van der Waals surface area contributed by atoms with Gasteiger partial charge in [-0.2, -0.15) is 0 Å². The number of rotatable bonds is 3. The van der Waals surface area contributed by atoms with Crippen LogP contribution in [0.3, 0.4) is 0 Å². The minimum absolute atomic E-state index is 0. The minimum Gasteiger partial charge on any atom is -0.395 e. The van der Waals surface area contributed by atoms with E-state index in [1.165, 1.54) is 0 Å². The van der Waals surface area contributed by atoms with E-state index in [2.05, 4.69) is 16.6 Å². The van der Waals surface area contributed by atoms with E-state index in [4.69, 9.17) is 5.11 Å². The number of hydrogen-bond acceptors (Lipinski definition) is 3. The average Bonchev–Trinajstić information content (AvgIpc) is 1.66. The molecule has 0 bridgehead atoms. The summed E-state index contributed by atoms with van der Waals surface area (Å²) in [7, 11) is 0. The maximum atomic E-state index is 9.84. The summed E-state index contributed by atoms with van der Waals surface area (Å²) in [6.45, 7) is 0.281. The molecule has 0 saturated carbocycles. The van der Waals surface area contributed by atoms with Gasteiger partial charge in [0.1, 0.15) is 0 Å². The Bertz CT molecular complexity index is 79.5. The smallest absolute Gasteiger partial charge is 0.326 e. The van der Waals surface area contributed by atoms with Crippen LogP contribution in [0.15, 0.2) is 0 Å². The van der Waals surface area contributed by atoms with E-state index in [-0.39, 0.29) is 19.0 Å². The molecule has 0 radical (unpaired) electrons. The second-order valence-electron chi connectivity index (χ2n) is 1.14. The van der Waals surface area contributed by atoms with Crippen LogP contribution in [0.5, 0.6) is 0 Å². The number of carbonyl (C=O) groups is 1. The molecule has 6 heteroatoms. The van der Waals surface area contributed by atoms with Crippen molar-refractivity contribution in [3.05, 3.63) is 0 Å². The number of nitrogens with two attached hydrogens (primary N) is 1. The van der Waals surface area contributed by atoms with Crippen LogP contribution in [0, 0.1) is 0 Å². The van der Waals surface area contributed by atoms with Crippen LogP contribution in [-0.4, -0.2) is 24.3 Å². The molecular weight excluding hydrogens is 146 g/mol. The number of carbonyl (C=O) groups excluding carboxylic acids is 1. The van der Waals surface area contributed by atoms with Gasteiger partial charge in [-0.3, -0.25) is 5.43 Å². The highest BCUT2D eigenvalue weighted by Gasteiger charge is 1.84. The molecule has 0 aromatic heterocycles. The third-order valence-electron chi connectivity index (χ3n) is 0.448. The molecule has 0 fully saturated rings. The number of halogens is 1. The maximum absolute atomic E-state index is 9.84. The highest BCUT2D eigenvalue weighted by Crippen LogP contribution is 1.49. The summed E-state index contributed by atoms with van der Waals surface area (Å²) in [5.74, 6) is 0. The van der Waals surface area contributed by atoms with E-state index in [1.54, 1.807) is 0 Å². The number of hydrazine groups is 1. The zero-order valence-corrected chi connectivity index (χ0v) is 5.57. The fourth-order valence-electron chi connectivity index (χ4n) is 0.206. The van der Waals surface area contributed by atoms with Gasteiger partial charge in [0.05, 0.1) is 6.61 Å². The summed E-state index contributed by atoms with van der Waals surface area (Å²) < 4.78 is 0. The van der Waals surface area contributed by atoms with Gasteiger partial charge in [-0.25, -0.2) is 10.2 Å². The Morgan fingerprint density at radius 2 is 2.22 bits per heavy atom. The van der Waals surface area contributed by atoms with Crippen LogP contribution in [0.4, 0.5) is 4.79 Å². The molecule has 0 aromatic rings. The highest BCUT2D eigenvalue weighted by molar-refractivity contribution is 5.85. The van der Waals surface area contributed by atoms with Crippen molar-refractivity contribution in [2.45, 2.75) is 0 Å². The molecule has 0 aliphatic carbocycles. The number of amides is 2. The zero-order valence-electron chi connectivity index (χ0n) is 4.76. The van der Waals surface area contributed by atoms with Gasteiger partial charge in [0, 0.05) is 6.54 Å². The van der Waals surface area contributed by atoms with Crippen LogP contribution >= 0.6 is 12.4 Å². The number of aliphatic hydroxyl groups is 1. The zero-order chi connectivity index (χ0) is 6.41. The lowest BCUT2D eigenvalue weighted by molar-refractivity contribution is 0.240. The van der Waals surface area contributed by atoms with Crippen LogP contribution in [0.25, 0.3) is 0 Å². The molecular formula is C3H10ClN3O2. The van der Waals surface area contributed by atoms with Gasteiger partial charge >= 0.3 is 6.03 Å². The lowest BCUT2D eigenvalue weighted by Gasteiger charge is -1.98. The molecule has 9 heavy (non-hydrogen) atoms. The number of aliphatic hydroxyl groups excluding tert-OH is 1. The first-order chi connectivity index (χ1) is 3.77. The topological polar surface area (TPSA) is 87.4 Å². The molecule has 0 heterocycles. The molecule has 56 valence electrons. The van der Waals surface area contributed by atoms with Gasteiger partial charge in [-0.05, 0) is 0 Å². The third kappa shape index (κ3) is 11.2. The molecule has 5 nitrogen and oxygen atoms in total. The van der Waals surface area contributed by atoms with Crippen molar-refractivity contribution in [3.63, 3.8) is 0 Å². The quantitative estimate of drug-likeness (QED) is 0.298. The summed E-state index contributed by atoms with van der Waals surface area (Å²) in [6.07, 6.45) is 0. The van der Waals surface area contributed by atoms with Crippen molar-refractivity contribution >= 4 is 18.4 Å². The number of primary amides is 1. The highest BCUT2D eigenvalue weighted by atomic mass is 35.5. The van der Waals surface area contributed by atoms with E-state index >= 15 is 0 Å². The van der Waals surface area contributed by atoms with Gasteiger partial charge in [0.15, 0.2) is 0 Å². The second kappa shape index (κ2) is 7.48. The lowest BCUT2D eigenvalue weighted by atomic mass is 10.7. The maximum Gasteiger partial charge on any atom is 0.326 e. The fraction of sp³-hybridized carbons (Fsp3) is 0.667. The van der Waals surface area contributed by atoms with Crippen molar-refractivity contribution in [1.29, 1.82) is 0 Å². The van der Waals surface area contributed by atoms with Gasteiger partial charge in [-0.1, -0.05) is 0 Å². The summed E-state index contributed by atoms with van der Waals surface area (Å²) in [4.78, 5) is 9.84. The van der Waals surface area contributed by atoms with E-state index in [1.807, 2.05) is 0 Å². The molecule has 0 atom stereocenters. The first kappa shape index (κ1) is 11.3. The molecule has 5 N–H and O–H groups in total. The third-order valence-corrected chi connectivity index (χ3v) is 0.448. The lowest BCUT2D eigenvalue weighted by Crippen LogP contribution is -2.42. The van der Waals surface area contributed by atoms with Gasteiger partial charge in [-0.15, -0.1) is 12.4 Å². The van der Waals surface area contributed by atoms with E-state index in [9.17, 15) is 4.79 Å². The van der Waals surface area contributed by atoms with Gasteiger partial charge in [0.25, 0.3) is 0 Å². The van der Waals surface area contributed by atoms with Gasteiger partial charge < -0.3 is 10.8 Å². The summed E-state index contributed by atoms with van der Waals surface area (Å²) in [5, 5.41) is 8.12. The Kier molecular flexibility index (Phi) is 9.39. The van der Waals surface area contributed by atoms with Crippen LogP contribution in [-0.2, 0) is 0 Å². The van der Waals surface area contributed by atoms with Crippen LogP contribution in [0.1, 0.15) is 0 Å². The second-order valence-corrected chi connectivity index (χ2v) is 1.14. The van der Waals surface area contributed by atoms with E-state index < -0.39 is 6.03 Å². The Balaban J connectivity index is 0. The molecule has 0 rings (SSSR count). The van der Waals surface area contributed by atoms with Crippen molar-refractivity contribution in [2.75, 3.05) is 13.2 Å². The molecule has 2 amide bonds. The fourth-order valence-corrected chi connectivity index (χ4v) is 0.206. The molecule has 0 spiro atoms. The summed E-state index contributed by atoms with van der Waals surface area (Å²) in [5.41, 5.74) is 9.07. The first-order valence-electron chi connectivity index (χ1n) is 2.16. The van der Waals surface area contributed by atoms with Crippen LogP contribution in [0.2, 0.25) is 0 Å². The number of nitrogens with one attached hydrogen (secondary N) is 2. The molecule has 0 saturated heterocycles. The van der Waals surface area contributed by atoms with Crippen molar-refractivity contribution < 1.29 is 9.90 Å². The normalized spacial score (nSPS) is 7.67. The van der Waals surface area contributed by atoms with Crippen molar-refractivity contribution in [2.24, 2.45) is 5.73 Å². The van der Waals surface area contributed by atoms with Crippen molar-refractivity contribution in [3.8, 4) is 0 Å². The number of hydrogen-bond donors (Lipinski definition) is 4. The Hall–Kier alpha value is -0.520. The molecule has 0 aliphatic heterocycles. The SMILES string of the molecule is Cl.NC(=O)NNCCO.